The van der Waals surface area contributed by atoms with Crippen LogP contribution in [0.2, 0.25) is 0 Å². The Bertz CT molecular complexity index is 332. The number of ketones is 2. The molecular formula is C16H26MnO4. The zero-order valence-corrected chi connectivity index (χ0v) is 14.9. The number of rotatable bonds is 6. The Kier molecular flexibility index (Phi) is 16.5. The Balaban J connectivity index is -0.000000295. The van der Waals surface area contributed by atoms with E-state index in [0.29, 0.717) is 24.7 Å². The molecule has 0 saturated carbocycles. The van der Waals surface area contributed by atoms with Crippen LogP contribution in [-0.2, 0) is 26.7 Å². The quantitative estimate of drug-likeness (QED) is 0.420. The predicted octanol–water partition coefficient (Wildman–Crippen LogP) is 1.73. The summed E-state index contributed by atoms with van der Waals surface area (Å²) < 4.78 is 0. The molecule has 0 saturated heterocycles. The molecular weight excluding hydrogens is 311 g/mol. The van der Waals surface area contributed by atoms with Gasteiger partial charge in [-0.1, -0.05) is 27.7 Å². The van der Waals surface area contributed by atoms with Gasteiger partial charge in [0, 0.05) is 0 Å². The first-order valence-electron chi connectivity index (χ1n) is 6.80. The maximum absolute atomic E-state index is 10.8. The second-order valence-corrected chi connectivity index (χ2v) is 5.64. The fourth-order valence-corrected chi connectivity index (χ4v) is 1.38. The van der Waals surface area contributed by atoms with Crippen molar-refractivity contribution in [3.63, 3.8) is 0 Å². The molecule has 0 unspecified atom stereocenters. The minimum atomic E-state index is -0.161. The molecule has 0 aromatic heterocycles. The van der Waals surface area contributed by atoms with Crippen LogP contribution in [0.15, 0.2) is 23.7 Å². The van der Waals surface area contributed by atoms with Crippen molar-refractivity contribution in [2.24, 2.45) is 11.8 Å². The van der Waals surface area contributed by atoms with Gasteiger partial charge in [0.2, 0.25) is 0 Å². The zero-order chi connectivity index (χ0) is 16.3. The van der Waals surface area contributed by atoms with E-state index < -0.39 is 0 Å². The predicted molar refractivity (Wildman–Crippen MR) is 76.4 cm³/mol. The van der Waals surface area contributed by atoms with Gasteiger partial charge in [-0.2, -0.15) is 0 Å². The van der Waals surface area contributed by atoms with E-state index in [0.717, 1.165) is 12.2 Å². The van der Waals surface area contributed by atoms with Crippen molar-refractivity contribution in [1.29, 1.82) is 0 Å². The minimum Gasteiger partial charge on any atom is -0.875 e. The van der Waals surface area contributed by atoms with Gasteiger partial charge in [-0.05, 0) is 50.7 Å². The van der Waals surface area contributed by atoms with Gasteiger partial charge in [0.25, 0.3) is 0 Å². The van der Waals surface area contributed by atoms with Gasteiger partial charge in [0.15, 0.2) is 11.6 Å². The van der Waals surface area contributed by atoms with Crippen LogP contribution >= 0.6 is 0 Å². The molecule has 0 aliphatic rings. The molecule has 4 nitrogen and oxygen atoms in total. The second-order valence-electron chi connectivity index (χ2n) is 5.64. The number of hydrogen-bond acceptors (Lipinski definition) is 4. The Hall–Kier alpha value is -1.06. The third-order valence-corrected chi connectivity index (χ3v) is 1.95. The van der Waals surface area contributed by atoms with Crippen LogP contribution in [0.5, 0.6) is 0 Å². The first-order valence-corrected chi connectivity index (χ1v) is 6.80. The molecule has 0 aliphatic carbocycles. The number of carbonyl (C=O) groups is 2. The number of hydrogen-bond donors (Lipinski definition) is 0. The van der Waals surface area contributed by atoms with Crippen molar-refractivity contribution in [1.82, 2.24) is 0 Å². The van der Waals surface area contributed by atoms with Gasteiger partial charge in [0.1, 0.15) is 0 Å². The molecule has 121 valence electrons. The van der Waals surface area contributed by atoms with Crippen molar-refractivity contribution in [2.45, 2.75) is 54.4 Å². The third kappa shape index (κ3) is 24.3. The van der Waals surface area contributed by atoms with Gasteiger partial charge in [-0.15, -0.1) is 11.5 Å². The van der Waals surface area contributed by atoms with Gasteiger partial charge in [0.05, 0.1) is 0 Å². The fourth-order valence-electron chi connectivity index (χ4n) is 1.38. The van der Waals surface area contributed by atoms with Crippen molar-refractivity contribution in [2.75, 3.05) is 0 Å². The first-order chi connectivity index (χ1) is 9.04. The van der Waals surface area contributed by atoms with Gasteiger partial charge < -0.3 is 10.2 Å². The summed E-state index contributed by atoms with van der Waals surface area (Å²) in [6.07, 6.45) is 3.25. The van der Waals surface area contributed by atoms with Crippen molar-refractivity contribution >= 4 is 11.6 Å². The largest absolute Gasteiger partial charge is 2.00 e. The summed E-state index contributed by atoms with van der Waals surface area (Å²) in [7, 11) is 0. The minimum absolute atomic E-state index is 0. The summed E-state index contributed by atoms with van der Waals surface area (Å²) in [5.41, 5.74) is 0. The first kappa shape index (κ1) is 24.9. The van der Waals surface area contributed by atoms with Gasteiger partial charge in [-0.3, -0.25) is 9.59 Å². The van der Waals surface area contributed by atoms with Crippen LogP contribution in [0.3, 0.4) is 0 Å². The topological polar surface area (TPSA) is 80.3 Å². The molecule has 0 heterocycles. The maximum atomic E-state index is 10.8. The Morgan fingerprint density at radius 1 is 0.810 bits per heavy atom. The van der Waals surface area contributed by atoms with E-state index >= 15 is 0 Å². The molecule has 0 aliphatic heterocycles. The summed E-state index contributed by atoms with van der Waals surface area (Å²) in [4.78, 5) is 20.7. The maximum Gasteiger partial charge on any atom is 2.00 e. The summed E-state index contributed by atoms with van der Waals surface area (Å²) in [5, 5.41) is 21.6. The van der Waals surface area contributed by atoms with Crippen LogP contribution in [0.1, 0.15) is 54.4 Å². The third-order valence-electron chi connectivity index (χ3n) is 1.95. The molecule has 0 aromatic carbocycles. The Morgan fingerprint density at radius 2 is 1.05 bits per heavy atom. The monoisotopic (exact) mass is 337 g/mol. The summed E-state index contributed by atoms with van der Waals surface area (Å²) in [6, 6.07) is 0. The fraction of sp³-hybridized carbons (Fsp3) is 0.625. The molecule has 0 N–H and O–H groups in total. The van der Waals surface area contributed by atoms with Crippen LogP contribution in [0, 0.1) is 11.8 Å². The number of allylic oxidation sites excluding steroid dienone is 4. The molecule has 0 rings (SSSR count). The average Bonchev–Trinajstić information content (AvgIpc) is 2.11. The van der Waals surface area contributed by atoms with Gasteiger partial charge >= 0.3 is 17.1 Å². The van der Waals surface area contributed by atoms with Crippen LogP contribution in [0.4, 0.5) is 0 Å². The van der Waals surface area contributed by atoms with Crippen molar-refractivity contribution < 1.29 is 36.9 Å². The number of carbonyl (C=O) groups excluding carboxylic acids is 2. The summed E-state index contributed by atoms with van der Waals surface area (Å²) in [6.45, 7) is 10.6. The SMILES string of the molecule is CC(=O)/C=C(\[O-])CC(C)C.CC(=O)/C=C(\[O-])CC(C)C.[Mn+2]. The molecule has 1 radical (unpaired) electrons. The van der Waals surface area contributed by atoms with Crippen LogP contribution in [0.25, 0.3) is 0 Å². The molecule has 0 bridgehead atoms. The van der Waals surface area contributed by atoms with E-state index in [9.17, 15) is 19.8 Å². The molecule has 0 aromatic rings. The van der Waals surface area contributed by atoms with Crippen LogP contribution in [-0.4, -0.2) is 11.6 Å². The van der Waals surface area contributed by atoms with E-state index in [2.05, 4.69) is 0 Å². The second kappa shape index (κ2) is 13.9. The molecule has 21 heavy (non-hydrogen) atoms. The smallest absolute Gasteiger partial charge is 0.875 e. The molecule has 0 spiro atoms. The molecule has 5 heteroatoms. The Morgan fingerprint density at radius 3 is 1.19 bits per heavy atom. The van der Waals surface area contributed by atoms with E-state index in [1.165, 1.54) is 13.8 Å². The van der Waals surface area contributed by atoms with Crippen molar-refractivity contribution in [3.05, 3.63) is 23.7 Å². The standard InChI is InChI=1S/2C8H14O2.Mn/c2*1-6(2)4-8(10)5-7(3)9;/h2*5-6,10H,4H2,1-3H3;/q;;+2/p-2/b2*8-5-;. The average molecular weight is 337 g/mol. The molecule has 0 fully saturated rings. The van der Waals surface area contributed by atoms with E-state index in [-0.39, 0.29) is 40.2 Å². The normalized spacial score (nSPS) is 11.6. The molecule has 0 atom stereocenters. The summed E-state index contributed by atoms with van der Waals surface area (Å²) >= 11 is 0. The van der Waals surface area contributed by atoms with E-state index in [1.54, 1.807) is 0 Å². The molecule has 0 amide bonds. The van der Waals surface area contributed by atoms with E-state index in [4.69, 9.17) is 0 Å². The van der Waals surface area contributed by atoms with Gasteiger partial charge in [-0.25, -0.2) is 0 Å². The van der Waals surface area contributed by atoms with Crippen molar-refractivity contribution in [3.8, 4) is 0 Å². The van der Waals surface area contributed by atoms with Crippen LogP contribution < -0.4 is 10.2 Å². The zero-order valence-electron chi connectivity index (χ0n) is 13.7. The van der Waals surface area contributed by atoms with E-state index in [1.807, 2.05) is 27.7 Å². The summed E-state index contributed by atoms with van der Waals surface area (Å²) in [5.74, 6) is 0.215. The Labute approximate surface area is 138 Å².